The van der Waals surface area contributed by atoms with Gasteiger partial charge in [0.15, 0.2) is 5.82 Å². The Morgan fingerprint density at radius 1 is 1.07 bits per heavy atom. The average Bonchev–Trinajstić information content (AvgIpc) is 2.23. The first-order valence-corrected chi connectivity index (χ1v) is 4.96. The Bertz CT molecular complexity index is 500. The number of hydrogen-bond donors (Lipinski definition) is 1. The van der Waals surface area contributed by atoms with Crippen LogP contribution in [0.2, 0.25) is 10.0 Å². The standard InChI is InChI=1S/C10H7Cl2N3/c11-8-2-1-6(5-9(8)12)7-3-4-14-15-10(7)13/h1-5H,(H2,13,15). The Hall–Kier alpha value is -1.32. The summed E-state index contributed by atoms with van der Waals surface area (Å²) in [5, 5.41) is 8.44. The highest BCUT2D eigenvalue weighted by Crippen LogP contribution is 2.30. The lowest BCUT2D eigenvalue weighted by Gasteiger charge is -2.04. The van der Waals surface area contributed by atoms with Gasteiger partial charge in [0.25, 0.3) is 0 Å². The van der Waals surface area contributed by atoms with E-state index in [1.165, 1.54) is 0 Å². The predicted octanol–water partition coefficient (Wildman–Crippen LogP) is 3.03. The third-order valence-corrected chi connectivity index (χ3v) is 2.72. The molecule has 5 heteroatoms. The van der Waals surface area contributed by atoms with Crippen molar-refractivity contribution in [1.29, 1.82) is 0 Å². The van der Waals surface area contributed by atoms with E-state index in [0.717, 1.165) is 11.1 Å². The summed E-state index contributed by atoms with van der Waals surface area (Å²) < 4.78 is 0. The van der Waals surface area contributed by atoms with Crippen LogP contribution in [-0.2, 0) is 0 Å². The van der Waals surface area contributed by atoms with Gasteiger partial charge in [0.1, 0.15) is 0 Å². The van der Waals surface area contributed by atoms with Crippen LogP contribution in [-0.4, -0.2) is 10.2 Å². The maximum Gasteiger partial charge on any atom is 0.153 e. The summed E-state index contributed by atoms with van der Waals surface area (Å²) >= 11 is 11.7. The number of benzene rings is 1. The van der Waals surface area contributed by atoms with Crippen LogP contribution in [0.4, 0.5) is 5.82 Å². The lowest BCUT2D eigenvalue weighted by molar-refractivity contribution is 1.04. The third kappa shape index (κ3) is 2.03. The summed E-state index contributed by atoms with van der Waals surface area (Å²) in [6, 6.07) is 7.08. The first-order valence-electron chi connectivity index (χ1n) is 4.21. The zero-order valence-electron chi connectivity index (χ0n) is 7.61. The summed E-state index contributed by atoms with van der Waals surface area (Å²) in [7, 11) is 0. The molecule has 0 saturated carbocycles. The van der Waals surface area contributed by atoms with Crippen molar-refractivity contribution in [1.82, 2.24) is 10.2 Å². The van der Waals surface area contributed by atoms with Crippen molar-refractivity contribution in [3.05, 3.63) is 40.5 Å². The van der Waals surface area contributed by atoms with Gasteiger partial charge >= 0.3 is 0 Å². The van der Waals surface area contributed by atoms with Gasteiger partial charge in [-0.15, -0.1) is 5.10 Å². The molecule has 0 unspecified atom stereocenters. The second-order valence-corrected chi connectivity index (χ2v) is 3.77. The van der Waals surface area contributed by atoms with E-state index < -0.39 is 0 Å². The summed E-state index contributed by atoms with van der Waals surface area (Å²) in [5.41, 5.74) is 7.36. The minimum Gasteiger partial charge on any atom is -0.382 e. The van der Waals surface area contributed by atoms with Crippen LogP contribution in [0.3, 0.4) is 0 Å². The zero-order valence-corrected chi connectivity index (χ0v) is 9.13. The van der Waals surface area contributed by atoms with E-state index in [0.29, 0.717) is 15.9 Å². The van der Waals surface area contributed by atoms with Crippen LogP contribution >= 0.6 is 23.2 Å². The van der Waals surface area contributed by atoms with E-state index in [1.807, 2.05) is 6.07 Å². The number of nitrogens with zero attached hydrogens (tertiary/aromatic N) is 2. The topological polar surface area (TPSA) is 51.8 Å². The molecular formula is C10H7Cl2N3. The number of aromatic nitrogens is 2. The molecule has 0 saturated heterocycles. The van der Waals surface area contributed by atoms with Gasteiger partial charge < -0.3 is 5.73 Å². The van der Waals surface area contributed by atoms with Crippen LogP contribution in [0.25, 0.3) is 11.1 Å². The van der Waals surface area contributed by atoms with E-state index >= 15 is 0 Å². The fourth-order valence-electron chi connectivity index (χ4n) is 1.25. The molecule has 1 heterocycles. The second-order valence-electron chi connectivity index (χ2n) is 2.96. The number of halogens is 2. The first-order chi connectivity index (χ1) is 7.18. The highest BCUT2D eigenvalue weighted by atomic mass is 35.5. The van der Waals surface area contributed by atoms with E-state index in [1.54, 1.807) is 24.4 Å². The Kier molecular flexibility index (Phi) is 2.75. The minimum absolute atomic E-state index is 0.371. The van der Waals surface area contributed by atoms with Crippen molar-refractivity contribution in [2.75, 3.05) is 5.73 Å². The number of nitrogens with two attached hydrogens (primary N) is 1. The van der Waals surface area contributed by atoms with Gasteiger partial charge in [-0.1, -0.05) is 29.3 Å². The van der Waals surface area contributed by atoms with Crippen molar-refractivity contribution in [3.63, 3.8) is 0 Å². The fraction of sp³-hybridized carbons (Fsp3) is 0. The molecule has 1 aromatic carbocycles. The molecule has 3 nitrogen and oxygen atoms in total. The first kappa shape index (κ1) is 10.2. The molecule has 0 radical (unpaired) electrons. The lowest BCUT2D eigenvalue weighted by atomic mass is 10.1. The predicted molar refractivity (Wildman–Crippen MR) is 61.9 cm³/mol. The van der Waals surface area contributed by atoms with Crippen molar-refractivity contribution in [2.45, 2.75) is 0 Å². The van der Waals surface area contributed by atoms with Crippen LogP contribution in [0, 0.1) is 0 Å². The molecule has 0 atom stereocenters. The number of hydrogen-bond acceptors (Lipinski definition) is 3. The highest BCUT2D eigenvalue weighted by Gasteiger charge is 2.05. The summed E-state index contributed by atoms with van der Waals surface area (Å²) in [4.78, 5) is 0. The van der Waals surface area contributed by atoms with Crippen LogP contribution < -0.4 is 5.73 Å². The van der Waals surface area contributed by atoms with Gasteiger partial charge in [-0.3, -0.25) is 0 Å². The lowest BCUT2D eigenvalue weighted by Crippen LogP contribution is -1.95. The molecule has 2 aromatic rings. The molecule has 0 spiro atoms. The van der Waals surface area contributed by atoms with E-state index in [2.05, 4.69) is 10.2 Å². The minimum atomic E-state index is 0.371. The van der Waals surface area contributed by atoms with E-state index in [9.17, 15) is 0 Å². The van der Waals surface area contributed by atoms with Crippen LogP contribution in [0.15, 0.2) is 30.5 Å². The zero-order chi connectivity index (χ0) is 10.8. The maximum atomic E-state index is 5.91. The highest BCUT2D eigenvalue weighted by molar-refractivity contribution is 6.42. The molecule has 0 fully saturated rings. The van der Waals surface area contributed by atoms with E-state index in [4.69, 9.17) is 28.9 Å². The third-order valence-electron chi connectivity index (χ3n) is 1.98. The fourth-order valence-corrected chi connectivity index (χ4v) is 1.55. The normalized spacial score (nSPS) is 10.3. The number of rotatable bonds is 1. The summed E-state index contributed by atoms with van der Waals surface area (Å²) in [6.45, 7) is 0. The van der Waals surface area contributed by atoms with E-state index in [-0.39, 0.29) is 0 Å². The molecular weight excluding hydrogens is 233 g/mol. The molecule has 1 aromatic heterocycles. The average molecular weight is 240 g/mol. The van der Waals surface area contributed by atoms with Crippen molar-refractivity contribution >= 4 is 29.0 Å². The molecule has 15 heavy (non-hydrogen) atoms. The Morgan fingerprint density at radius 2 is 1.87 bits per heavy atom. The molecule has 0 amide bonds. The quantitative estimate of drug-likeness (QED) is 0.833. The van der Waals surface area contributed by atoms with Gasteiger partial charge in [0.05, 0.1) is 16.2 Å². The van der Waals surface area contributed by atoms with Gasteiger partial charge in [0, 0.05) is 5.56 Å². The van der Waals surface area contributed by atoms with Gasteiger partial charge in [-0.05, 0) is 23.8 Å². The van der Waals surface area contributed by atoms with Crippen molar-refractivity contribution < 1.29 is 0 Å². The van der Waals surface area contributed by atoms with Crippen LogP contribution in [0.1, 0.15) is 0 Å². The molecule has 2 N–H and O–H groups in total. The van der Waals surface area contributed by atoms with Gasteiger partial charge in [-0.25, -0.2) is 0 Å². The Morgan fingerprint density at radius 3 is 2.53 bits per heavy atom. The van der Waals surface area contributed by atoms with Crippen LogP contribution in [0.5, 0.6) is 0 Å². The molecule has 0 aliphatic rings. The summed E-state index contributed by atoms with van der Waals surface area (Å²) in [6.07, 6.45) is 1.58. The largest absolute Gasteiger partial charge is 0.382 e. The number of nitrogen functional groups attached to an aromatic ring is 1. The second kappa shape index (κ2) is 4.04. The molecule has 76 valence electrons. The van der Waals surface area contributed by atoms with Gasteiger partial charge in [-0.2, -0.15) is 5.10 Å². The maximum absolute atomic E-state index is 5.91. The van der Waals surface area contributed by atoms with Crippen molar-refractivity contribution in [3.8, 4) is 11.1 Å². The van der Waals surface area contributed by atoms with Crippen molar-refractivity contribution in [2.24, 2.45) is 0 Å². The molecule has 0 aliphatic carbocycles. The Balaban J connectivity index is 2.55. The molecule has 2 rings (SSSR count). The van der Waals surface area contributed by atoms with Gasteiger partial charge in [0.2, 0.25) is 0 Å². The monoisotopic (exact) mass is 239 g/mol. The number of anilines is 1. The smallest absolute Gasteiger partial charge is 0.153 e. The summed E-state index contributed by atoms with van der Waals surface area (Å²) in [5.74, 6) is 0.371. The SMILES string of the molecule is Nc1nnccc1-c1ccc(Cl)c(Cl)c1. The Labute approximate surface area is 96.8 Å². The molecule has 0 aliphatic heterocycles. The molecule has 0 bridgehead atoms.